The fraction of sp³-hybridized carbons (Fsp3) is 0. The molecule has 2 N–H and O–H groups in total. The minimum atomic E-state index is 0.176. The second kappa shape index (κ2) is 5.31. The van der Waals surface area contributed by atoms with Crippen LogP contribution in [0.5, 0.6) is 0 Å². The van der Waals surface area contributed by atoms with Gasteiger partial charge in [-0.15, -0.1) is 0 Å². The molecule has 3 rings (SSSR count). The lowest BCUT2D eigenvalue weighted by atomic mass is 10.0. The molecule has 0 fully saturated rings. The molecule has 0 spiro atoms. The summed E-state index contributed by atoms with van der Waals surface area (Å²) in [4.78, 5) is 4.31. The van der Waals surface area contributed by atoms with Gasteiger partial charge in [-0.2, -0.15) is 5.26 Å². The second-order valence-electron chi connectivity index (χ2n) is 4.42. The Balaban J connectivity index is 2.29. The number of halogens is 1. The lowest BCUT2D eigenvalue weighted by Crippen LogP contribution is -1.99. The Kier molecular flexibility index (Phi) is 3.35. The highest BCUT2D eigenvalue weighted by Gasteiger charge is 2.15. The van der Waals surface area contributed by atoms with Gasteiger partial charge in [-0.25, -0.2) is 4.98 Å². The van der Waals surface area contributed by atoms with E-state index in [0.29, 0.717) is 22.0 Å². The van der Waals surface area contributed by atoms with Crippen LogP contribution in [0.3, 0.4) is 0 Å². The predicted molar refractivity (Wildman–Crippen MR) is 81.5 cm³/mol. The van der Waals surface area contributed by atoms with Crippen molar-refractivity contribution in [3.8, 4) is 28.7 Å². The number of nitriles is 1. The number of benzene rings is 1. The quantitative estimate of drug-likeness (QED) is 0.771. The average Bonchev–Trinajstić information content (AvgIpc) is 3.01. The lowest BCUT2D eigenvalue weighted by Gasteiger charge is -2.09. The van der Waals surface area contributed by atoms with E-state index < -0.39 is 0 Å². The van der Waals surface area contributed by atoms with Gasteiger partial charge in [-0.05, 0) is 35.9 Å². The van der Waals surface area contributed by atoms with Crippen molar-refractivity contribution in [1.29, 1.82) is 5.26 Å². The zero-order valence-electron chi connectivity index (χ0n) is 10.9. The molecule has 0 radical (unpaired) electrons. The third-order valence-electron chi connectivity index (χ3n) is 3.06. The first-order valence-electron chi connectivity index (χ1n) is 6.19. The smallest absolute Gasteiger partial charge is 0.152 e. The number of furan rings is 1. The van der Waals surface area contributed by atoms with Crippen LogP contribution in [-0.4, -0.2) is 4.98 Å². The molecule has 0 aliphatic rings. The SMILES string of the molecule is N#Cc1cc(-c2cccc(Cl)c2)c(-c2ccco2)nc1N. The maximum Gasteiger partial charge on any atom is 0.152 e. The van der Waals surface area contributed by atoms with E-state index in [2.05, 4.69) is 4.98 Å². The van der Waals surface area contributed by atoms with Crippen LogP contribution in [-0.2, 0) is 0 Å². The van der Waals surface area contributed by atoms with Crippen molar-refractivity contribution in [2.45, 2.75) is 0 Å². The Morgan fingerprint density at radius 2 is 2.05 bits per heavy atom. The van der Waals surface area contributed by atoms with Gasteiger partial charge in [0.05, 0.1) is 11.8 Å². The van der Waals surface area contributed by atoms with Crippen molar-refractivity contribution in [3.05, 3.63) is 59.3 Å². The topological polar surface area (TPSA) is 75.8 Å². The van der Waals surface area contributed by atoms with Crippen molar-refractivity contribution in [3.63, 3.8) is 0 Å². The Morgan fingerprint density at radius 3 is 2.71 bits per heavy atom. The molecule has 1 aromatic carbocycles. The molecular formula is C16H10ClN3O. The van der Waals surface area contributed by atoms with Gasteiger partial charge in [0.15, 0.2) is 5.76 Å². The van der Waals surface area contributed by atoms with Crippen LogP contribution in [0.1, 0.15) is 5.56 Å². The maximum absolute atomic E-state index is 9.15. The Hall–Kier alpha value is -2.77. The molecule has 3 aromatic rings. The monoisotopic (exact) mass is 295 g/mol. The summed E-state index contributed by atoms with van der Waals surface area (Å²) in [5.74, 6) is 0.760. The Bertz CT molecular complexity index is 835. The van der Waals surface area contributed by atoms with E-state index in [4.69, 9.17) is 27.0 Å². The van der Waals surface area contributed by atoms with Gasteiger partial charge in [0.1, 0.15) is 17.6 Å². The largest absolute Gasteiger partial charge is 0.463 e. The molecule has 2 heterocycles. The Labute approximate surface area is 126 Å². The maximum atomic E-state index is 9.15. The fourth-order valence-electron chi connectivity index (χ4n) is 2.09. The zero-order valence-corrected chi connectivity index (χ0v) is 11.6. The van der Waals surface area contributed by atoms with Crippen LogP contribution in [0.2, 0.25) is 5.02 Å². The van der Waals surface area contributed by atoms with Gasteiger partial charge < -0.3 is 10.2 Å². The summed E-state index contributed by atoms with van der Waals surface area (Å²) >= 11 is 6.04. The third kappa shape index (κ3) is 2.47. The fourth-order valence-corrected chi connectivity index (χ4v) is 2.28. The van der Waals surface area contributed by atoms with Gasteiger partial charge in [-0.1, -0.05) is 23.7 Å². The molecule has 0 amide bonds. The second-order valence-corrected chi connectivity index (χ2v) is 4.85. The van der Waals surface area contributed by atoms with E-state index in [1.807, 2.05) is 24.3 Å². The number of aromatic nitrogens is 1. The minimum absolute atomic E-state index is 0.176. The van der Waals surface area contributed by atoms with E-state index >= 15 is 0 Å². The molecule has 4 nitrogen and oxygen atoms in total. The van der Waals surface area contributed by atoms with E-state index in [-0.39, 0.29) is 5.82 Å². The number of hydrogen-bond acceptors (Lipinski definition) is 4. The molecule has 0 bridgehead atoms. The number of hydrogen-bond donors (Lipinski definition) is 1. The summed E-state index contributed by atoms with van der Waals surface area (Å²) in [6, 6.07) is 14.6. The summed E-state index contributed by atoms with van der Waals surface area (Å²) < 4.78 is 5.41. The summed E-state index contributed by atoms with van der Waals surface area (Å²) in [6.07, 6.45) is 1.56. The van der Waals surface area contributed by atoms with Gasteiger partial charge in [-0.3, -0.25) is 0 Å². The molecule has 102 valence electrons. The molecule has 2 aromatic heterocycles. The van der Waals surface area contributed by atoms with Crippen LogP contribution in [0.4, 0.5) is 5.82 Å². The molecule has 0 aliphatic carbocycles. The van der Waals surface area contributed by atoms with Crippen LogP contribution in [0.25, 0.3) is 22.6 Å². The number of anilines is 1. The van der Waals surface area contributed by atoms with Crippen molar-refractivity contribution in [1.82, 2.24) is 4.98 Å². The molecule has 0 saturated heterocycles. The average molecular weight is 296 g/mol. The highest BCUT2D eigenvalue weighted by atomic mass is 35.5. The summed E-state index contributed by atoms with van der Waals surface area (Å²) in [6.45, 7) is 0. The van der Waals surface area contributed by atoms with Gasteiger partial charge in [0.25, 0.3) is 0 Å². The first kappa shape index (κ1) is 13.2. The summed E-state index contributed by atoms with van der Waals surface area (Å²) in [5.41, 5.74) is 8.31. The number of pyridine rings is 1. The van der Waals surface area contributed by atoms with Crippen molar-refractivity contribution in [2.75, 3.05) is 5.73 Å². The van der Waals surface area contributed by atoms with Crippen LogP contribution >= 0.6 is 11.6 Å². The highest BCUT2D eigenvalue weighted by Crippen LogP contribution is 2.34. The van der Waals surface area contributed by atoms with Crippen LogP contribution in [0, 0.1) is 11.3 Å². The number of nitrogen functional groups attached to an aromatic ring is 1. The van der Waals surface area contributed by atoms with E-state index in [9.17, 15) is 0 Å². The van der Waals surface area contributed by atoms with Gasteiger partial charge >= 0.3 is 0 Å². The minimum Gasteiger partial charge on any atom is -0.463 e. The molecule has 0 saturated carbocycles. The van der Waals surface area contributed by atoms with E-state index in [1.165, 1.54) is 0 Å². The van der Waals surface area contributed by atoms with E-state index in [1.54, 1.807) is 30.5 Å². The predicted octanol–water partition coefficient (Wildman–Crippen LogP) is 4.12. The number of rotatable bonds is 2. The standard InChI is InChI=1S/C16H10ClN3O/c17-12-4-1-3-10(7-12)13-8-11(9-18)16(19)20-15(13)14-5-2-6-21-14/h1-8H,(H2,19,20). The van der Waals surface area contributed by atoms with E-state index in [0.717, 1.165) is 11.1 Å². The van der Waals surface area contributed by atoms with Gasteiger partial charge in [0, 0.05) is 10.6 Å². The van der Waals surface area contributed by atoms with Crippen LogP contribution in [0.15, 0.2) is 53.1 Å². The number of nitrogens with zero attached hydrogens (tertiary/aromatic N) is 2. The summed E-state index contributed by atoms with van der Waals surface area (Å²) in [7, 11) is 0. The third-order valence-corrected chi connectivity index (χ3v) is 3.30. The molecule has 21 heavy (non-hydrogen) atoms. The molecule has 0 unspecified atom stereocenters. The molecule has 5 heteroatoms. The van der Waals surface area contributed by atoms with Crippen LogP contribution < -0.4 is 5.73 Å². The van der Waals surface area contributed by atoms with Gasteiger partial charge in [0.2, 0.25) is 0 Å². The van der Waals surface area contributed by atoms with Crippen molar-refractivity contribution in [2.24, 2.45) is 0 Å². The lowest BCUT2D eigenvalue weighted by molar-refractivity contribution is 0.580. The highest BCUT2D eigenvalue weighted by molar-refractivity contribution is 6.30. The van der Waals surface area contributed by atoms with Crippen molar-refractivity contribution < 1.29 is 4.42 Å². The molecule has 0 aliphatic heterocycles. The first-order valence-corrected chi connectivity index (χ1v) is 6.57. The first-order chi connectivity index (χ1) is 10.2. The zero-order chi connectivity index (χ0) is 14.8. The normalized spacial score (nSPS) is 10.3. The summed E-state index contributed by atoms with van der Waals surface area (Å²) in [5, 5.41) is 9.75. The Morgan fingerprint density at radius 1 is 1.19 bits per heavy atom. The van der Waals surface area contributed by atoms with Crippen molar-refractivity contribution >= 4 is 17.4 Å². The molecule has 0 atom stereocenters. The molecular weight excluding hydrogens is 286 g/mol. The number of nitrogens with two attached hydrogens (primary N) is 1.